The van der Waals surface area contributed by atoms with E-state index in [2.05, 4.69) is 0 Å². The molecule has 1 aliphatic heterocycles. The maximum atomic E-state index is 13.7. The van der Waals surface area contributed by atoms with Gasteiger partial charge < -0.3 is 0 Å². The molecule has 2 aromatic carbocycles. The lowest BCUT2D eigenvalue weighted by Gasteiger charge is -2.14. The van der Waals surface area contributed by atoms with Crippen molar-refractivity contribution < 1.29 is 18.4 Å². The number of benzene rings is 2. The molecular formula is C15H8F2INO2. The van der Waals surface area contributed by atoms with Crippen molar-refractivity contribution in [3.8, 4) is 0 Å². The lowest BCUT2D eigenvalue weighted by Crippen LogP contribution is -2.30. The van der Waals surface area contributed by atoms with Crippen LogP contribution in [0.4, 0.5) is 8.78 Å². The Morgan fingerprint density at radius 1 is 0.952 bits per heavy atom. The molecule has 6 heteroatoms. The topological polar surface area (TPSA) is 37.4 Å². The van der Waals surface area contributed by atoms with E-state index in [0.29, 0.717) is 9.13 Å². The second-order valence-electron chi connectivity index (χ2n) is 4.56. The highest BCUT2D eigenvalue weighted by atomic mass is 127. The van der Waals surface area contributed by atoms with E-state index in [1.807, 2.05) is 22.6 Å². The van der Waals surface area contributed by atoms with Crippen LogP contribution in [-0.4, -0.2) is 16.7 Å². The van der Waals surface area contributed by atoms with Gasteiger partial charge in [-0.1, -0.05) is 12.1 Å². The van der Waals surface area contributed by atoms with E-state index in [-0.39, 0.29) is 11.1 Å². The van der Waals surface area contributed by atoms with Crippen LogP contribution in [0.25, 0.3) is 0 Å². The van der Waals surface area contributed by atoms with Crippen LogP contribution in [0.5, 0.6) is 0 Å². The fourth-order valence-corrected chi connectivity index (χ4v) is 3.01. The third-order valence-corrected chi connectivity index (χ3v) is 4.23. The molecule has 0 spiro atoms. The fourth-order valence-electron chi connectivity index (χ4n) is 2.28. The molecule has 1 heterocycles. The quantitative estimate of drug-likeness (QED) is 0.574. The smallest absolute Gasteiger partial charge is 0.262 e. The Labute approximate surface area is 132 Å². The van der Waals surface area contributed by atoms with Crippen LogP contribution in [0.3, 0.4) is 0 Å². The zero-order chi connectivity index (χ0) is 15.1. The SMILES string of the molecule is O=C1c2cccc(I)c2C(=O)N1Cc1c(F)cccc1F. The molecule has 0 saturated heterocycles. The summed E-state index contributed by atoms with van der Waals surface area (Å²) in [6.07, 6.45) is 0. The van der Waals surface area contributed by atoms with E-state index in [1.54, 1.807) is 12.1 Å². The van der Waals surface area contributed by atoms with Crippen molar-refractivity contribution in [2.75, 3.05) is 0 Å². The average Bonchev–Trinajstić information content (AvgIpc) is 2.68. The second-order valence-corrected chi connectivity index (χ2v) is 5.72. The molecule has 0 bridgehead atoms. The molecule has 0 saturated carbocycles. The van der Waals surface area contributed by atoms with Gasteiger partial charge in [-0.2, -0.15) is 0 Å². The van der Waals surface area contributed by atoms with E-state index >= 15 is 0 Å². The lowest BCUT2D eigenvalue weighted by atomic mass is 10.1. The van der Waals surface area contributed by atoms with Gasteiger partial charge in [-0.15, -0.1) is 0 Å². The number of fused-ring (bicyclic) bond motifs is 1. The van der Waals surface area contributed by atoms with Crippen molar-refractivity contribution in [1.82, 2.24) is 4.90 Å². The molecule has 0 aliphatic carbocycles. The first kappa shape index (κ1) is 14.1. The van der Waals surface area contributed by atoms with E-state index in [0.717, 1.165) is 17.0 Å². The normalized spacial score (nSPS) is 13.8. The van der Waals surface area contributed by atoms with Gasteiger partial charge in [0.15, 0.2) is 0 Å². The number of carbonyl (C=O) groups is 2. The van der Waals surface area contributed by atoms with Gasteiger partial charge in [0.1, 0.15) is 11.6 Å². The van der Waals surface area contributed by atoms with Gasteiger partial charge >= 0.3 is 0 Å². The summed E-state index contributed by atoms with van der Waals surface area (Å²) in [7, 11) is 0. The number of imide groups is 1. The Morgan fingerprint density at radius 2 is 1.57 bits per heavy atom. The van der Waals surface area contributed by atoms with Gasteiger partial charge in [-0.05, 0) is 46.9 Å². The summed E-state index contributed by atoms with van der Waals surface area (Å²) in [6.45, 7) is -0.416. The minimum Gasteiger partial charge on any atom is -0.270 e. The van der Waals surface area contributed by atoms with Crippen molar-refractivity contribution in [1.29, 1.82) is 0 Å². The molecule has 0 N–H and O–H groups in total. The van der Waals surface area contributed by atoms with Crippen LogP contribution in [0.15, 0.2) is 36.4 Å². The molecule has 21 heavy (non-hydrogen) atoms. The van der Waals surface area contributed by atoms with Gasteiger partial charge in [-0.3, -0.25) is 14.5 Å². The van der Waals surface area contributed by atoms with Crippen molar-refractivity contribution >= 4 is 34.4 Å². The summed E-state index contributed by atoms with van der Waals surface area (Å²) >= 11 is 1.96. The van der Waals surface area contributed by atoms with Crippen LogP contribution in [-0.2, 0) is 6.54 Å². The highest BCUT2D eigenvalue weighted by molar-refractivity contribution is 14.1. The molecule has 0 unspecified atom stereocenters. The largest absolute Gasteiger partial charge is 0.270 e. The fraction of sp³-hybridized carbons (Fsp3) is 0.0667. The summed E-state index contributed by atoms with van der Waals surface area (Å²) in [6, 6.07) is 8.34. The first-order valence-corrected chi connectivity index (χ1v) is 7.16. The van der Waals surface area contributed by atoms with E-state index in [1.165, 1.54) is 12.1 Å². The number of rotatable bonds is 2. The Bertz CT molecular complexity index is 756. The third kappa shape index (κ3) is 2.23. The molecule has 2 aromatic rings. The molecule has 0 atom stereocenters. The van der Waals surface area contributed by atoms with Gasteiger partial charge in [-0.25, -0.2) is 8.78 Å². The zero-order valence-corrected chi connectivity index (χ0v) is 12.7. The molecule has 106 valence electrons. The molecule has 0 aromatic heterocycles. The number of hydrogen-bond donors (Lipinski definition) is 0. The van der Waals surface area contributed by atoms with Crippen LogP contribution in [0, 0.1) is 15.2 Å². The minimum absolute atomic E-state index is 0.267. The number of halogens is 3. The third-order valence-electron chi connectivity index (χ3n) is 3.33. The minimum atomic E-state index is -0.777. The van der Waals surface area contributed by atoms with E-state index in [9.17, 15) is 18.4 Å². The highest BCUT2D eigenvalue weighted by Gasteiger charge is 2.37. The summed E-state index contributed by atoms with van der Waals surface area (Å²) in [4.78, 5) is 25.4. The summed E-state index contributed by atoms with van der Waals surface area (Å²) < 4.78 is 28.0. The van der Waals surface area contributed by atoms with Gasteiger partial charge in [0, 0.05) is 9.13 Å². The van der Waals surface area contributed by atoms with E-state index < -0.39 is 30.0 Å². The van der Waals surface area contributed by atoms with Crippen molar-refractivity contribution in [2.45, 2.75) is 6.54 Å². The first-order chi connectivity index (χ1) is 10.0. The van der Waals surface area contributed by atoms with Crippen molar-refractivity contribution in [2.24, 2.45) is 0 Å². The lowest BCUT2D eigenvalue weighted by molar-refractivity contribution is 0.0639. The predicted octanol–water partition coefficient (Wildman–Crippen LogP) is 3.37. The van der Waals surface area contributed by atoms with Gasteiger partial charge in [0.25, 0.3) is 11.8 Å². The molecular weight excluding hydrogens is 391 g/mol. The number of carbonyl (C=O) groups excluding carboxylic acids is 2. The van der Waals surface area contributed by atoms with Crippen molar-refractivity contribution in [3.05, 3.63) is 68.3 Å². The van der Waals surface area contributed by atoms with Gasteiger partial charge in [0.2, 0.25) is 0 Å². The summed E-state index contributed by atoms with van der Waals surface area (Å²) in [5.74, 6) is -2.61. The molecule has 1 aliphatic rings. The van der Waals surface area contributed by atoms with E-state index in [4.69, 9.17) is 0 Å². The zero-order valence-electron chi connectivity index (χ0n) is 10.6. The number of amides is 2. The molecule has 0 radical (unpaired) electrons. The average molecular weight is 399 g/mol. The van der Waals surface area contributed by atoms with Crippen LogP contribution in [0.1, 0.15) is 26.3 Å². The van der Waals surface area contributed by atoms with Crippen LogP contribution in [0.2, 0.25) is 0 Å². The second kappa shape index (κ2) is 5.18. The van der Waals surface area contributed by atoms with Crippen LogP contribution >= 0.6 is 22.6 Å². The first-order valence-electron chi connectivity index (χ1n) is 6.08. The standard InChI is InChI=1S/C15H8F2INO2/c16-10-4-2-5-11(17)9(10)7-19-14(20)8-3-1-6-12(18)13(8)15(19)21/h1-6H,7H2. The Morgan fingerprint density at radius 3 is 2.19 bits per heavy atom. The number of nitrogens with zero attached hydrogens (tertiary/aromatic N) is 1. The molecule has 3 nitrogen and oxygen atoms in total. The Hall–Kier alpha value is -1.83. The van der Waals surface area contributed by atoms with Crippen LogP contribution < -0.4 is 0 Å². The Balaban J connectivity index is 2.01. The van der Waals surface area contributed by atoms with Gasteiger partial charge in [0.05, 0.1) is 17.7 Å². The summed E-state index contributed by atoms with van der Waals surface area (Å²) in [5.41, 5.74) is 0.269. The monoisotopic (exact) mass is 399 g/mol. The summed E-state index contributed by atoms with van der Waals surface area (Å²) in [5, 5.41) is 0. The molecule has 3 rings (SSSR count). The predicted molar refractivity (Wildman–Crippen MR) is 79.7 cm³/mol. The maximum absolute atomic E-state index is 13.7. The maximum Gasteiger partial charge on any atom is 0.262 e. The Kier molecular flexibility index (Phi) is 3.48. The highest BCUT2D eigenvalue weighted by Crippen LogP contribution is 2.29. The number of hydrogen-bond acceptors (Lipinski definition) is 2. The van der Waals surface area contributed by atoms with Crippen molar-refractivity contribution in [3.63, 3.8) is 0 Å². The molecule has 2 amide bonds. The molecule has 0 fully saturated rings.